The second kappa shape index (κ2) is 6.52. The quantitative estimate of drug-likeness (QED) is 0.517. The van der Waals surface area contributed by atoms with Crippen molar-refractivity contribution in [2.75, 3.05) is 18.0 Å². The molecule has 2 rings (SSSR count). The number of phenolic OH excluding ortho intramolecular Hbond substituents is 1. The maximum Gasteiger partial charge on any atom is 0.338 e. The maximum atomic E-state index is 12.0. The molecule has 0 amide bonds. The Hall–Kier alpha value is -2.49. The van der Waals surface area contributed by atoms with Crippen LogP contribution in [0.2, 0.25) is 0 Å². The van der Waals surface area contributed by atoms with E-state index in [-0.39, 0.29) is 5.75 Å². The zero-order valence-electron chi connectivity index (χ0n) is 13.2. The van der Waals surface area contributed by atoms with Crippen LogP contribution in [0.4, 0.5) is 5.69 Å². The van der Waals surface area contributed by atoms with E-state index < -0.39 is 5.97 Å². The minimum absolute atomic E-state index is 0.174. The van der Waals surface area contributed by atoms with E-state index >= 15 is 0 Å². The van der Waals surface area contributed by atoms with E-state index in [4.69, 9.17) is 4.74 Å². The number of esters is 1. The number of benzene rings is 2. The molecule has 0 bridgehead atoms. The predicted molar refractivity (Wildman–Crippen MR) is 89.6 cm³/mol. The monoisotopic (exact) mass is 299 g/mol. The van der Waals surface area contributed by atoms with Crippen molar-refractivity contribution in [1.82, 2.24) is 0 Å². The molecule has 22 heavy (non-hydrogen) atoms. The van der Waals surface area contributed by atoms with Crippen LogP contribution in [0.1, 0.15) is 20.8 Å². The normalized spacial score (nSPS) is 10.5. The van der Waals surface area contributed by atoms with Gasteiger partial charge in [0.1, 0.15) is 5.75 Å². The first kappa shape index (κ1) is 15.9. The zero-order valence-corrected chi connectivity index (χ0v) is 13.2. The van der Waals surface area contributed by atoms with E-state index in [1.165, 1.54) is 0 Å². The second-order valence-corrected chi connectivity index (χ2v) is 5.13. The third-order valence-corrected chi connectivity index (χ3v) is 3.60. The molecule has 0 aromatic heterocycles. The van der Waals surface area contributed by atoms with E-state index in [9.17, 15) is 9.90 Å². The molecular weight excluding hydrogens is 278 g/mol. The number of phenols is 1. The van der Waals surface area contributed by atoms with Crippen molar-refractivity contribution >= 4 is 22.4 Å². The number of hydrogen-bond acceptors (Lipinski definition) is 4. The Labute approximate surface area is 130 Å². The summed E-state index contributed by atoms with van der Waals surface area (Å²) in [6.45, 7) is 10.8. The summed E-state index contributed by atoms with van der Waals surface area (Å²) in [6.07, 6.45) is 0. The smallest absolute Gasteiger partial charge is 0.338 e. The van der Waals surface area contributed by atoms with Gasteiger partial charge in [0.15, 0.2) is 5.75 Å². The van der Waals surface area contributed by atoms with E-state index in [1.54, 1.807) is 19.1 Å². The number of carbonyl (C=O) groups is 1. The third-order valence-electron chi connectivity index (χ3n) is 3.60. The van der Waals surface area contributed by atoms with Gasteiger partial charge in [-0.3, -0.25) is 0 Å². The average Bonchev–Trinajstić information content (AvgIpc) is 2.51. The highest BCUT2D eigenvalue weighted by Crippen LogP contribution is 2.41. The summed E-state index contributed by atoms with van der Waals surface area (Å²) in [7, 11) is 0. The van der Waals surface area contributed by atoms with Crippen LogP contribution >= 0.6 is 0 Å². The molecule has 116 valence electrons. The summed E-state index contributed by atoms with van der Waals surface area (Å²) >= 11 is 0. The highest BCUT2D eigenvalue weighted by molar-refractivity contribution is 6.01. The molecule has 0 aliphatic rings. The van der Waals surface area contributed by atoms with Crippen molar-refractivity contribution in [2.24, 2.45) is 0 Å². The summed E-state index contributed by atoms with van der Waals surface area (Å²) in [6, 6.07) is 8.98. The van der Waals surface area contributed by atoms with Crippen LogP contribution in [0.25, 0.3) is 10.8 Å². The lowest BCUT2D eigenvalue weighted by molar-refractivity contribution is -0.129. The number of ether oxygens (including phenoxy) is 1. The number of aromatic hydroxyl groups is 1. The average molecular weight is 299 g/mol. The van der Waals surface area contributed by atoms with Gasteiger partial charge in [0.05, 0.1) is 5.69 Å². The molecule has 0 saturated heterocycles. The molecule has 0 aliphatic carbocycles. The Morgan fingerprint density at radius 1 is 1.23 bits per heavy atom. The zero-order chi connectivity index (χ0) is 16.3. The van der Waals surface area contributed by atoms with E-state index in [1.807, 2.05) is 36.9 Å². The van der Waals surface area contributed by atoms with Crippen LogP contribution in [-0.2, 0) is 4.79 Å². The van der Waals surface area contributed by atoms with E-state index in [0.29, 0.717) is 27.8 Å². The summed E-state index contributed by atoms with van der Waals surface area (Å²) in [4.78, 5) is 14.0. The molecule has 0 spiro atoms. The lowest BCUT2D eigenvalue weighted by atomic mass is 10.1. The van der Waals surface area contributed by atoms with Gasteiger partial charge in [0.25, 0.3) is 0 Å². The number of anilines is 1. The summed E-state index contributed by atoms with van der Waals surface area (Å²) < 4.78 is 5.57. The third kappa shape index (κ3) is 2.91. The van der Waals surface area contributed by atoms with Gasteiger partial charge in [-0.15, -0.1) is 0 Å². The molecule has 0 radical (unpaired) electrons. The summed E-state index contributed by atoms with van der Waals surface area (Å²) in [5.74, 6) is 0.168. The van der Waals surface area contributed by atoms with Gasteiger partial charge in [-0.25, -0.2) is 4.79 Å². The molecule has 2 aromatic carbocycles. The molecule has 0 fully saturated rings. The largest absolute Gasteiger partial charge is 0.507 e. The number of rotatable bonds is 5. The van der Waals surface area contributed by atoms with Gasteiger partial charge in [0, 0.05) is 35.5 Å². The van der Waals surface area contributed by atoms with Gasteiger partial charge in [-0.05, 0) is 20.8 Å². The fourth-order valence-electron chi connectivity index (χ4n) is 2.40. The van der Waals surface area contributed by atoms with Gasteiger partial charge in [-0.1, -0.05) is 30.8 Å². The maximum absolute atomic E-state index is 12.0. The second-order valence-electron chi connectivity index (χ2n) is 5.13. The van der Waals surface area contributed by atoms with Crippen molar-refractivity contribution in [1.29, 1.82) is 0 Å². The standard InChI is InChI=1S/C18H21NO3/c1-5-19(6-2)15-11-16(20)13-9-7-8-10-14(13)17(15)22-18(21)12(3)4/h7-11,20H,3,5-6H2,1-2,4H3. The molecule has 0 saturated carbocycles. The van der Waals surface area contributed by atoms with Crippen LogP contribution in [0.5, 0.6) is 11.5 Å². The molecule has 2 aromatic rings. The van der Waals surface area contributed by atoms with Gasteiger partial charge < -0.3 is 14.7 Å². The number of carbonyl (C=O) groups excluding carboxylic acids is 1. The van der Waals surface area contributed by atoms with Crippen LogP contribution in [0.15, 0.2) is 42.5 Å². The molecule has 4 heteroatoms. The topological polar surface area (TPSA) is 49.8 Å². The molecule has 4 nitrogen and oxygen atoms in total. The Morgan fingerprint density at radius 3 is 2.36 bits per heavy atom. The Balaban J connectivity index is 2.71. The highest BCUT2D eigenvalue weighted by atomic mass is 16.5. The Bertz CT molecular complexity index is 718. The first-order chi connectivity index (χ1) is 10.5. The van der Waals surface area contributed by atoms with Crippen molar-refractivity contribution in [2.45, 2.75) is 20.8 Å². The predicted octanol–water partition coefficient (Wildman–Crippen LogP) is 3.87. The van der Waals surface area contributed by atoms with Gasteiger partial charge in [0.2, 0.25) is 0 Å². The van der Waals surface area contributed by atoms with Crippen molar-refractivity contribution in [3.05, 3.63) is 42.5 Å². The fourth-order valence-corrected chi connectivity index (χ4v) is 2.40. The van der Waals surface area contributed by atoms with E-state index in [0.717, 1.165) is 13.1 Å². The van der Waals surface area contributed by atoms with Crippen molar-refractivity contribution in [3.8, 4) is 11.5 Å². The van der Waals surface area contributed by atoms with Crippen LogP contribution in [0.3, 0.4) is 0 Å². The number of hydrogen-bond donors (Lipinski definition) is 1. The Kier molecular flexibility index (Phi) is 4.71. The van der Waals surface area contributed by atoms with Crippen LogP contribution in [0, 0.1) is 0 Å². The van der Waals surface area contributed by atoms with E-state index in [2.05, 4.69) is 6.58 Å². The molecular formula is C18H21NO3. The first-order valence-electron chi connectivity index (χ1n) is 7.36. The molecule has 1 N–H and O–H groups in total. The fraction of sp³-hybridized carbons (Fsp3) is 0.278. The molecule has 0 heterocycles. The number of fused-ring (bicyclic) bond motifs is 1. The first-order valence-corrected chi connectivity index (χ1v) is 7.36. The van der Waals surface area contributed by atoms with Crippen LogP contribution < -0.4 is 9.64 Å². The van der Waals surface area contributed by atoms with Gasteiger partial charge >= 0.3 is 5.97 Å². The molecule has 0 atom stereocenters. The lowest BCUT2D eigenvalue weighted by Crippen LogP contribution is -2.23. The van der Waals surface area contributed by atoms with Gasteiger partial charge in [-0.2, -0.15) is 0 Å². The minimum Gasteiger partial charge on any atom is -0.507 e. The Morgan fingerprint density at radius 2 is 1.82 bits per heavy atom. The molecule has 0 aliphatic heterocycles. The summed E-state index contributed by atoms with van der Waals surface area (Å²) in [5, 5.41) is 11.6. The highest BCUT2D eigenvalue weighted by Gasteiger charge is 2.19. The summed E-state index contributed by atoms with van der Waals surface area (Å²) in [5.41, 5.74) is 1.04. The lowest BCUT2D eigenvalue weighted by Gasteiger charge is -2.25. The molecule has 0 unspecified atom stereocenters. The van der Waals surface area contributed by atoms with Crippen LogP contribution in [-0.4, -0.2) is 24.2 Å². The minimum atomic E-state index is -0.468. The van der Waals surface area contributed by atoms with Crippen molar-refractivity contribution < 1.29 is 14.6 Å². The van der Waals surface area contributed by atoms with Crippen molar-refractivity contribution in [3.63, 3.8) is 0 Å². The number of nitrogens with zero attached hydrogens (tertiary/aromatic N) is 1. The SMILES string of the molecule is C=C(C)C(=O)Oc1c(N(CC)CC)cc(O)c2ccccc12.